The van der Waals surface area contributed by atoms with Gasteiger partial charge in [0.05, 0.1) is 34.9 Å². The molecule has 0 aliphatic carbocycles. The molecule has 0 spiro atoms. The van der Waals surface area contributed by atoms with Crippen molar-refractivity contribution in [2.75, 3.05) is 5.73 Å². The van der Waals surface area contributed by atoms with Crippen LogP contribution in [0.4, 0.5) is 11.4 Å². The lowest BCUT2D eigenvalue weighted by molar-refractivity contribution is 0.112. The second kappa shape index (κ2) is 22.9. The molecule has 1 heterocycles. The monoisotopic (exact) mass is 834 g/mol. The zero-order chi connectivity index (χ0) is 45.5. The highest BCUT2D eigenvalue weighted by atomic mass is 16.1. The van der Waals surface area contributed by atoms with E-state index in [1.54, 1.807) is 12.1 Å². The van der Waals surface area contributed by atoms with Crippen molar-refractivity contribution in [2.24, 2.45) is 23.7 Å². The molecule has 0 aliphatic rings. The van der Waals surface area contributed by atoms with E-state index in [9.17, 15) is 10.1 Å². The van der Waals surface area contributed by atoms with Crippen molar-refractivity contribution in [3.05, 3.63) is 189 Å². The fraction of sp³-hybridized carbons (Fsp3) is 0.298. The number of nitrogen functional groups attached to an aromatic ring is 1. The van der Waals surface area contributed by atoms with Gasteiger partial charge in [-0.1, -0.05) is 159 Å². The van der Waals surface area contributed by atoms with Crippen molar-refractivity contribution in [2.45, 2.75) is 87.5 Å². The van der Waals surface area contributed by atoms with Crippen LogP contribution in [0, 0.1) is 41.6 Å². The molecule has 6 heteroatoms. The number of carbonyl (C=O) groups excluding carboxylic acids is 1. The first-order valence-electron chi connectivity index (χ1n) is 22.3. The molecule has 6 nitrogen and oxygen atoms in total. The van der Waals surface area contributed by atoms with Gasteiger partial charge in [0.2, 0.25) is 0 Å². The second-order valence-electron chi connectivity index (χ2n) is 18.0. The zero-order valence-electron chi connectivity index (χ0n) is 38.4. The number of nitrogens with zero attached hydrogens (tertiary/aromatic N) is 4. The van der Waals surface area contributed by atoms with Crippen LogP contribution in [-0.4, -0.2) is 15.8 Å². The van der Waals surface area contributed by atoms with Crippen LogP contribution >= 0.6 is 0 Å². The van der Waals surface area contributed by atoms with E-state index >= 15 is 0 Å². The Morgan fingerprint density at radius 3 is 1.63 bits per heavy atom. The van der Waals surface area contributed by atoms with E-state index in [0.29, 0.717) is 23.7 Å². The van der Waals surface area contributed by atoms with E-state index in [1.807, 2.05) is 48.5 Å². The van der Waals surface area contributed by atoms with Gasteiger partial charge in [-0.05, 0) is 113 Å². The summed E-state index contributed by atoms with van der Waals surface area (Å²) < 4.78 is 2.33. The van der Waals surface area contributed by atoms with Gasteiger partial charge in [-0.3, -0.25) is 9.36 Å². The van der Waals surface area contributed by atoms with Crippen LogP contribution in [0.25, 0.3) is 33.0 Å². The molecule has 7 aromatic rings. The molecular formula is C57H63N5O. The van der Waals surface area contributed by atoms with E-state index in [0.717, 1.165) is 88.9 Å². The Labute approximate surface area is 376 Å². The van der Waals surface area contributed by atoms with E-state index in [4.69, 9.17) is 17.3 Å². The summed E-state index contributed by atoms with van der Waals surface area (Å²) in [6, 6.07) is 46.5. The summed E-state index contributed by atoms with van der Waals surface area (Å²) in [6.45, 7) is 25.5. The molecule has 0 unspecified atom stereocenters. The van der Waals surface area contributed by atoms with Crippen molar-refractivity contribution < 1.29 is 4.79 Å². The molecule has 0 atom stereocenters. The third-order valence-corrected chi connectivity index (χ3v) is 10.6. The first-order chi connectivity index (χ1) is 30.3. The number of anilines is 1. The summed E-state index contributed by atoms with van der Waals surface area (Å²) in [7, 11) is 0. The van der Waals surface area contributed by atoms with Crippen LogP contribution in [0.5, 0.6) is 0 Å². The molecule has 0 saturated heterocycles. The standard InChI is InChI=1S/C28H29N3.C22H28N2.C7H6O/c1-19(2)15-22-17-24(29-5)18-23(16-20(3)4)27(22)31-26-14-10-9-13-25(26)30-28(31)21-11-7-6-8-12-21;1-15(2)9-19-11-17(14-23)12-20(10-16(3)4)21(19)13-18-7-5-6-8-22(18)24;8-6-7-4-2-1-3-5-7/h6-14,17-20H,15-16H2,1-4H3;5-8,11-12,15-16H,9-10,13,24H2,1-4H3;1-6H. The molecule has 2 N–H and O–H groups in total. The van der Waals surface area contributed by atoms with Gasteiger partial charge in [-0.2, -0.15) is 5.26 Å². The molecule has 0 radical (unpaired) electrons. The smallest absolute Gasteiger partial charge is 0.187 e. The van der Waals surface area contributed by atoms with Crippen molar-refractivity contribution in [1.82, 2.24) is 9.55 Å². The first-order valence-corrected chi connectivity index (χ1v) is 22.3. The lowest BCUT2D eigenvalue weighted by Gasteiger charge is -2.22. The number of imidazole rings is 1. The van der Waals surface area contributed by atoms with E-state index in [1.165, 1.54) is 33.5 Å². The number of aldehydes is 1. The average molecular weight is 834 g/mol. The lowest BCUT2D eigenvalue weighted by Crippen LogP contribution is -2.10. The summed E-state index contributed by atoms with van der Waals surface area (Å²) >= 11 is 0. The Hall–Kier alpha value is -6.76. The third-order valence-electron chi connectivity index (χ3n) is 10.6. The zero-order valence-corrected chi connectivity index (χ0v) is 38.4. The normalized spacial score (nSPS) is 10.9. The Bertz CT molecular complexity index is 2600. The molecule has 0 amide bonds. The minimum atomic E-state index is 0.488. The predicted molar refractivity (Wildman–Crippen MR) is 264 cm³/mol. The number of para-hydroxylation sites is 3. The van der Waals surface area contributed by atoms with Gasteiger partial charge >= 0.3 is 0 Å². The Kier molecular flexibility index (Phi) is 17.2. The van der Waals surface area contributed by atoms with Gasteiger partial charge in [0, 0.05) is 23.2 Å². The van der Waals surface area contributed by atoms with Crippen LogP contribution in [0.2, 0.25) is 0 Å². The van der Waals surface area contributed by atoms with Gasteiger partial charge < -0.3 is 5.73 Å². The SMILES string of the molecule is CC(C)Cc1cc(C#N)cc(CC(C)C)c1Cc1ccccc1N.O=Cc1ccccc1.[C-]#[N+]c1cc(CC(C)C)c(-n2c(-c3ccccc3)nc3ccccc32)c(CC(C)C)c1. The number of nitrogens with two attached hydrogens (primary N) is 1. The highest BCUT2D eigenvalue weighted by molar-refractivity contribution is 5.84. The van der Waals surface area contributed by atoms with Crippen LogP contribution in [0.15, 0.2) is 133 Å². The number of rotatable bonds is 13. The Balaban J connectivity index is 0.000000206. The van der Waals surface area contributed by atoms with E-state index in [-0.39, 0.29) is 0 Å². The number of fused-ring (bicyclic) bond motifs is 1. The van der Waals surface area contributed by atoms with E-state index < -0.39 is 0 Å². The summed E-state index contributed by atoms with van der Waals surface area (Å²) in [5.41, 5.74) is 21.2. The molecule has 0 saturated carbocycles. The van der Waals surface area contributed by atoms with Gasteiger partial charge in [-0.25, -0.2) is 9.83 Å². The number of nitriles is 1. The molecule has 7 rings (SSSR count). The highest BCUT2D eigenvalue weighted by Gasteiger charge is 2.22. The van der Waals surface area contributed by atoms with Crippen molar-refractivity contribution in [3.63, 3.8) is 0 Å². The quantitative estimate of drug-likeness (QED) is 0.0712. The van der Waals surface area contributed by atoms with Crippen LogP contribution in [0.1, 0.15) is 105 Å². The fourth-order valence-corrected chi connectivity index (χ4v) is 8.07. The molecule has 0 bridgehead atoms. The van der Waals surface area contributed by atoms with Gasteiger partial charge in [-0.15, -0.1) is 0 Å². The van der Waals surface area contributed by atoms with Crippen molar-refractivity contribution >= 4 is 28.7 Å². The van der Waals surface area contributed by atoms with Crippen molar-refractivity contribution in [1.29, 1.82) is 5.26 Å². The van der Waals surface area contributed by atoms with Crippen LogP contribution in [0.3, 0.4) is 0 Å². The van der Waals surface area contributed by atoms with E-state index in [2.05, 4.69) is 144 Å². The molecular weight excluding hydrogens is 771 g/mol. The minimum Gasteiger partial charge on any atom is -0.398 e. The van der Waals surface area contributed by atoms with Crippen LogP contribution in [-0.2, 0) is 32.1 Å². The number of hydrogen-bond donors (Lipinski definition) is 1. The lowest BCUT2D eigenvalue weighted by atomic mass is 9.86. The molecule has 63 heavy (non-hydrogen) atoms. The second-order valence-corrected chi connectivity index (χ2v) is 18.0. The maximum atomic E-state index is 10.0. The Morgan fingerprint density at radius 2 is 1.14 bits per heavy atom. The molecule has 1 aromatic heterocycles. The number of carbonyl (C=O) groups is 1. The molecule has 0 fully saturated rings. The highest BCUT2D eigenvalue weighted by Crippen LogP contribution is 2.36. The summed E-state index contributed by atoms with van der Waals surface area (Å²) in [5.74, 6) is 3.03. The number of hydrogen-bond acceptors (Lipinski definition) is 4. The molecule has 0 aliphatic heterocycles. The van der Waals surface area contributed by atoms with Crippen LogP contribution < -0.4 is 5.73 Å². The topological polar surface area (TPSA) is 89.1 Å². The maximum absolute atomic E-state index is 10.0. The maximum Gasteiger partial charge on any atom is 0.187 e. The number of aromatic nitrogens is 2. The summed E-state index contributed by atoms with van der Waals surface area (Å²) in [5, 5.41) is 9.41. The Morgan fingerprint density at radius 1 is 0.651 bits per heavy atom. The largest absolute Gasteiger partial charge is 0.398 e. The average Bonchev–Trinajstić information content (AvgIpc) is 3.64. The number of benzene rings is 6. The predicted octanol–water partition coefficient (Wildman–Crippen LogP) is 14.3. The first kappa shape index (κ1) is 47.3. The van der Waals surface area contributed by atoms with Crippen molar-refractivity contribution in [3.8, 4) is 23.1 Å². The molecule has 322 valence electrons. The van der Waals surface area contributed by atoms with Gasteiger partial charge in [0.15, 0.2) is 5.69 Å². The molecule has 6 aromatic carbocycles. The fourth-order valence-electron chi connectivity index (χ4n) is 8.07. The van der Waals surface area contributed by atoms with Gasteiger partial charge in [0.25, 0.3) is 0 Å². The third kappa shape index (κ3) is 13.1. The summed E-state index contributed by atoms with van der Waals surface area (Å²) in [4.78, 5) is 18.8. The minimum absolute atomic E-state index is 0.488. The van der Waals surface area contributed by atoms with Gasteiger partial charge in [0.1, 0.15) is 12.1 Å². The summed E-state index contributed by atoms with van der Waals surface area (Å²) in [6.07, 6.45) is 5.49.